The van der Waals surface area contributed by atoms with Crippen molar-refractivity contribution in [2.75, 3.05) is 46.8 Å². The molecule has 0 saturated carbocycles. The van der Waals surface area contributed by atoms with Gasteiger partial charge in [-0.2, -0.15) is 0 Å². The topological polar surface area (TPSA) is 44.4 Å². The Morgan fingerprint density at radius 1 is 1.05 bits per heavy atom. The van der Waals surface area contributed by atoms with Gasteiger partial charge in [-0.15, -0.1) is 0 Å². The lowest BCUT2D eigenvalue weighted by molar-refractivity contribution is -0.926. The van der Waals surface area contributed by atoms with Crippen molar-refractivity contribution in [3.8, 4) is 11.1 Å². The molecule has 3 aromatic carbocycles. The van der Waals surface area contributed by atoms with E-state index < -0.39 is 0 Å². The summed E-state index contributed by atoms with van der Waals surface area (Å²) in [6.07, 6.45) is 3.37. The summed E-state index contributed by atoms with van der Waals surface area (Å²) in [6, 6.07) is 21.3. The van der Waals surface area contributed by atoms with Gasteiger partial charge in [0.2, 0.25) is 0 Å². The first-order valence-corrected chi connectivity index (χ1v) is 15.6. The fraction of sp³-hybridized carbons (Fsp3) is 0.441. The summed E-state index contributed by atoms with van der Waals surface area (Å²) in [7, 11) is 4.52. The Hall–Kier alpha value is -2.58. The van der Waals surface area contributed by atoms with Crippen molar-refractivity contribution in [2.45, 2.75) is 43.7 Å². The van der Waals surface area contributed by atoms with Crippen molar-refractivity contribution >= 4 is 21.8 Å². The Kier molecular flexibility index (Phi) is 9.29. The monoisotopic (exact) mass is 621 g/mol. The van der Waals surface area contributed by atoms with Gasteiger partial charge >= 0.3 is 0 Å². The number of nitrogens with zero attached hydrogens (tertiary/aromatic N) is 2. The maximum Gasteiger partial charge on any atom is 0.251 e. The number of rotatable bonds is 8. The van der Waals surface area contributed by atoms with E-state index in [1.165, 1.54) is 30.0 Å². The standard InChI is InChI=1S/C34H42BrFN4O/c1-34(35)24-39(16-17-40(34,2)3)23-28-7-5-8-29(20-28)31-21-27(10-11-32(31)36)22-38-33(41)30-9-4-6-26(19-30)18-25-12-14-37-15-13-25/h4-11,19-21,25,37H,12-18,22-24H2,1-3H3/p+1/t34-/m1/s1. The fourth-order valence-electron chi connectivity index (χ4n) is 5.98. The first kappa shape index (κ1) is 29.9. The molecule has 0 aliphatic carbocycles. The first-order chi connectivity index (χ1) is 19.6. The predicted octanol–water partition coefficient (Wildman–Crippen LogP) is 5.97. The SMILES string of the molecule is C[C@]1(Br)CN(Cc2cccc(-c3cc(CNC(=O)c4cccc(CC5CCNCC5)c4)ccc3F)c2)CC[N+]1(C)C. The molecule has 5 rings (SSSR count). The molecule has 0 aromatic heterocycles. The molecule has 2 fully saturated rings. The molecule has 2 heterocycles. The minimum atomic E-state index is -0.257. The van der Waals surface area contributed by atoms with Gasteiger partial charge in [0, 0.05) is 37.7 Å². The first-order valence-electron chi connectivity index (χ1n) is 14.8. The lowest BCUT2D eigenvalue weighted by Gasteiger charge is -2.50. The smallest absolute Gasteiger partial charge is 0.251 e. The van der Waals surface area contributed by atoms with Crippen LogP contribution >= 0.6 is 15.9 Å². The Labute approximate surface area is 252 Å². The van der Waals surface area contributed by atoms with Gasteiger partial charge in [0.15, 0.2) is 4.45 Å². The van der Waals surface area contributed by atoms with E-state index in [4.69, 9.17) is 0 Å². The molecule has 1 amide bonds. The number of likely N-dealkylation sites (N-methyl/N-ethyl adjacent to an activating group) is 1. The number of benzene rings is 3. The third-order valence-corrected chi connectivity index (χ3v) is 10.3. The van der Waals surface area contributed by atoms with Crippen molar-refractivity contribution in [3.63, 3.8) is 0 Å². The average molecular weight is 623 g/mol. The lowest BCUT2D eigenvalue weighted by Crippen LogP contribution is -2.65. The van der Waals surface area contributed by atoms with Crippen LogP contribution in [0.25, 0.3) is 11.1 Å². The fourth-order valence-corrected chi connectivity index (χ4v) is 6.51. The van der Waals surface area contributed by atoms with Gasteiger partial charge < -0.3 is 15.1 Å². The number of halogens is 2. The number of piperidine rings is 1. The van der Waals surface area contributed by atoms with Crippen LogP contribution in [-0.2, 0) is 19.5 Å². The van der Waals surface area contributed by atoms with E-state index in [1.807, 2.05) is 36.4 Å². The maximum atomic E-state index is 15.0. The largest absolute Gasteiger partial charge is 0.348 e. The second-order valence-corrected chi connectivity index (χ2v) is 14.3. The highest BCUT2D eigenvalue weighted by molar-refractivity contribution is 9.10. The zero-order valence-electron chi connectivity index (χ0n) is 24.6. The van der Waals surface area contributed by atoms with E-state index in [9.17, 15) is 4.79 Å². The van der Waals surface area contributed by atoms with Crippen molar-refractivity contribution in [3.05, 3.63) is 94.8 Å². The summed E-state index contributed by atoms with van der Waals surface area (Å²) in [6.45, 7) is 8.58. The van der Waals surface area contributed by atoms with E-state index in [2.05, 4.69) is 70.7 Å². The van der Waals surface area contributed by atoms with Gasteiger partial charge in [0.05, 0.1) is 27.2 Å². The minimum Gasteiger partial charge on any atom is -0.348 e. The van der Waals surface area contributed by atoms with Crippen molar-refractivity contribution in [2.24, 2.45) is 5.92 Å². The molecule has 41 heavy (non-hydrogen) atoms. The Morgan fingerprint density at radius 3 is 2.59 bits per heavy atom. The number of alkyl halides is 1. The van der Waals surface area contributed by atoms with E-state index in [0.717, 1.165) is 61.3 Å². The molecule has 2 N–H and O–H groups in total. The summed E-state index contributed by atoms with van der Waals surface area (Å²) in [5.41, 5.74) is 5.34. The van der Waals surface area contributed by atoms with Crippen LogP contribution in [0.2, 0.25) is 0 Å². The third kappa shape index (κ3) is 7.44. The molecular formula is C34H43BrFN4O+. The van der Waals surface area contributed by atoms with Crippen LogP contribution in [0.1, 0.15) is 46.8 Å². The quantitative estimate of drug-likeness (QED) is 0.185. The number of piperazine rings is 1. The molecule has 218 valence electrons. The van der Waals surface area contributed by atoms with Crippen LogP contribution in [0.4, 0.5) is 4.39 Å². The minimum absolute atomic E-state index is 0.0118. The zero-order valence-corrected chi connectivity index (χ0v) is 26.1. The number of hydrogen-bond acceptors (Lipinski definition) is 3. The summed E-state index contributed by atoms with van der Waals surface area (Å²) < 4.78 is 15.9. The van der Waals surface area contributed by atoms with Gasteiger partial charge in [0.25, 0.3) is 5.91 Å². The maximum absolute atomic E-state index is 15.0. The second kappa shape index (κ2) is 12.7. The Morgan fingerprint density at radius 2 is 1.80 bits per heavy atom. The number of amides is 1. The predicted molar refractivity (Wildman–Crippen MR) is 168 cm³/mol. The molecule has 2 aliphatic heterocycles. The molecule has 0 bridgehead atoms. The molecule has 0 radical (unpaired) electrons. The highest BCUT2D eigenvalue weighted by Crippen LogP contribution is 2.33. The van der Waals surface area contributed by atoms with Gasteiger partial charge in [0.1, 0.15) is 5.82 Å². The normalized spacial score (nSPS) is 21.5. The molecule has 5 nitrogen and oxygen atoms in total. The number of hydrogen-bond donors (Lipinski definition) is 2. The van der Waals surface area contributed by atoms with Gasteiger partial charge in [-0.3, -0.25) is 9.69 Å². The van der Waals surface area contributed by atoms with Crippen molar-refractivity contribution in [1.29, 1.82) is 0 Å². The van der Waals surface area contributed by atoms with Crippen LogP contribution in [0.5, 0.6) is 0 Å². The molecule has 2 saturated heterocycles. The molecule has 2 aliphatic rings. The number of carbonyl (C=O) groups excluding carboxylic acids is 1. The summed E-state index contributed by atoms with van der Waals surface area (Å²) >= 11 is 3.95. The van der Waals surface area contributed by atoms with Crippen LogP contribution in [0.3, 0.4) is 0 Å². The van der Waals surface area contributed by atoms with Crippen LogP contribution in [0, 0.1) is 11.7 Å². The lowest BCUT2D eigenvalue weighted by atomic mass is 9.90. The van der Waals surface area contributed by atoms with Crippen molar-refractivity contribution < 1.29 is 13.7 Å². The third-order valence-electron chi connectivity index (χ3n) is 9.05. The molecule has 3 aromatic rings. The number of nitrogens with one attached hydrogen (secondary N) is 2. The van der Waals surface area contributed by atoms with E-state index in [0.29, 0.717) is 23.6 Å². The van der Waals surface area contributed by atoms with E-state index in [-0.39, 0.29) is 16.2 Å². The second-order valence-electron chi connectivity index (χ2n) is 12.6. The van der Waals surface area contributed by atoms with Crippen LogP contribution in [-0.4, -0.2) is 66.6 Å². The summed E-state index contributed by atoms with van der Waals surface area (Å²) in [5.74, 6) is 0.307. The molecule has 0 unspecified atom stereocenters. The summed E-state index contributed by atoms with van der Waals surface area (Å²) in [4.78, 5) is 15.5. The van der Waals surface area contributed by atoms with Crippen LogP contribution in [0.15, 0.2) is 66.7 Å². The molecule has 7 heteroatoms. The van der Waals surface area contributed by atoms with Crippen molar-refractivity contribution in [1.82, 2.24) is 15.5 Å². The van der Waals surface area contributed by atoms with E-state index >= 15 is 4.39 Å². The van der Waals surface area contributed by atoms with Gasteiger partial charge in [-0.1, -0.05) is 36.4 Å². The van der Waals surface area contributed by atoms with Crippen LogP contribution < -0.4 is 10.6 Å². The van der Waals surface area contributed by atoms with E-state index in [1.54, 1.807) is 6.07 Å². The number of carbonyl (C=O) groups is 1. The molecule has 1 atom stereocenters. The average Bonchev–Trinajstić information content (AvgIpc) is 2.95. The Balaban J connectivity index is 1.23. The highest BCUT2D eigenvalue weighted by atomic mass is 79.9. The Bertz CT molecular complexity index is 1370. The zero-order chi connectivity index (χ0) is 29.0. The molecule has 0 spiro atoms. The van der Waals surface area contributed by atoms with Gasteiger partial charge in [-0.25, -0.2) is 4.39 Å². The highest BCUT2D eigenvalue weighted by Gasteiger charge is 2.43. The molecular weight excluding hydrogens is 579 g/mol. The summed E-state index contributed by atoms with van der Waals surface area (Å²) in [5, 5.41) is 6.45. The number of quaternary nitrogens is 1. The van der Waals surface area contributed by atoms with Gasteiger partial charge in [-0.05, 0) is 107 Å².